The molecule has 2 aliphatic heterocycles. The molecule has 136 valence electrons. The Hall–Kier alpha value is -1.96. The van der Waals surface area contributed by atoms with Gasteiger partial charge in [0.05, 0.1) is 25.5 Å². The molecule has 8 heteroatoms. The average molecular weight is 347 g/mol. The van der Waals surface area contributed by atoms with E-state index in [9.17, 15) is 9.59 Å². The van der Waals surface area contributed by atoms with E-state index in [1.165, 1.54) is 19.3 Å². The average Bonchev–Trinajstić information content (AvgIpc) is 3.11. The lowest BCUT2D eigenvalue weighted by atomic mass is 9.87. The SMILES string of the molecule is O=C(c1cn(C2CN(C(=O)C3CCCCC3)C2)nn1)N1CCOCC1. The minimum absolute atomic E-state index is 0.0935. The van der Waals surface area contributed by atoms with Gasteiger partial charge in [-0.1, -0.05) is 24.5 Å². The van der Waals surface area contributed by atoms with E-state index in [0.717, 1.165) is 12.8 Å². The maximum absolute atomic E-state index is 12.5. The zero-order valence-electron chi connectivity index (χ0n) is 14.5. The quantitative estimate of drug-likeness (QED) is 0.805. The van der Waals surface area contributed by atoms with Crippen LogP contribution in [-0.4, -0.2) is 76.0 Å². The summed E-state index contributed by atoms with van der Waals surface area (Å²) < 4.78 is 7.00. The van der Waals surface area contributed by atoms with Crippen molar-refractivity contribution >= 4 is 11.8 Å². The van der Waals surface area contributed by atoms with Crippen molar-refractivity contribution in [3.05, 3.63) is 11.9 Å². The van der Waals surface area contributed by atoms with Crippen LogP contribution in [0.5, 0.6) is 0 Å². The highest BCUT2D eigenvalue weighted by Crippen LogP contribution is 2.29. The normalized spacial score (nSPS) is 22.7. The molecule has 2 amide bonds. The summed E-state index contributed by atoms with van der Waals surface area (Å²) in [6.45, 7) is 3.67. The fourth-order valence-corrected chi connectivity index (χ4v) is 3.89. The van der Waals surface area contributed by atoms with Crippen molar-refractivity contribution in [1.29, 1.82) is 0 Å². The molecule has 3 aliphatic rings. The van der Waals surface area contributed by atoms with E-state index in [2.05, 4.69) is 10.3 Å². The Balaban J connectivity index is 1.31. The Morgan fingerprint density at radius 2 is 1.76 bits per heavy atom. The Labute approximate surface area is 147 Å². The molecule has 0 N–H and O–H groups in total. The number of carbonyl (C=O) groups excluding carboxylic acids is 2. The molecule has 0 aromatic carbocycles. The summed E-state index contributed by atoms with van der Waals surface area (Å²) in [5.41, 5.74) is 0.374. The van der Waals surface area contributed by atoms with Crippen molar-refractivity contribution < 1.29 is 14.3 Å². The summed E-state index contributed by atoms with van der Waals surface area (Å²) in [5, 5.41) is 8.14. The summed E-state index contributed by atoms with van der Waals surface area (Å²) >= 11 is 0. The molecule has 3 heterocycles. The molecule has 1 aromatic rings. The third-order valence-electron chi connectivity index (χ3n) is 5.53. The van der Waals surface area contributed by atoms with Gasteiger partial charge in [-0.25, -0.2) is 4.68 Å². The summed E-state index contributed by atoms with van der Waals surface area (Å²) in [6.07, 6.45) is 7.37. The maximum Gasteiger partial charge on any atom is 0.276 e. The highest BCUT2D eigenvalue weighted by atomic mass is 16.5. The third-order valence-corrected chi connectivity index (χ3v) is 5.53. The van der Waals surface area contributed by atoms with Crippen molar-refractivity contribution in [2.45, 2.75) is 38.1 Å². The first kappa shape index (κ1) is 16.5. The molecule has 0 radical (unpaired) electrons. The molecule has 0 unspecified atom stereocenters. The van der Waals surface area contributed by atoms with Crippen molar-refractivity contribution in [3.8, 4) is 0 Å². The van der Waals surface area contributed by atoms with Crippen LogP contribution in [0.2, 0.25) is 0 Å². The van der Waals surface area contributed by atoms with Crippen molar-refractivity contribution in [2.75, 3.05) is 39.4 Å². The number of ether oxygens (including phenoxy) is 1. The smallest absolute Gasteiger partial charge is 0.276 e. The van der Waals surface area contributed by atoms with Gasteiger partial charge in [-0.15, -0.1) is 5.10 Å². The standard InChI is InChI=1S/C17H25N5O3/c23-16(13-4-2-1-3-5-13)21-10-14(11-21)22-12-15(18-19-22)17(24)20-6-8-25-9-7-20/h12-14H,1-11H2. The van der Waals surface area contributed by atoms with Gasteiger partial charge < -0.3 is 14.5 Å². The van der Waals surface area contributed by atoms with E-state index >= 15 is 0 Å². The zero-order valence-corrected chi connectivity index (χ0v) is 14.5. The molecular weight excluding hydrogens is 322 g/mol. The maximum atomic E-state index is 12.5. The van der Waals surface area contributed by atoms with Gasteiger partial charge in [0.25, 0.3) is 5.91 Å². The lowest BCUT2D eigenvalue weighted by Gasteiger charge is -2.41. The third kappa shape index (κ3) is 3.40. The Morgan fingerprint density at radius 1 is 1.04 bits per heavy atom. The number of hydrogen-bond acceptors (Lipinski definition) is 5. The van der Waals surface area contributed by atoms with E-state index in [0.29, 0.717) is 51.0 Å². The van der Waals surface area contributed by atoms with Gasteiger partial charge >= 0.3 is 0 Å². The fourth-order valence-electron chi connectivity index (χ4n) is 3.89. The van der Waals surface area contributed by atoms with Crippen molar-refractivity contribution in [3.63, 3.8) is 0 Å². The predicted octanol–water partition coefficient (Wildman–Crippen LogP) is 0.714. The van der Waals surface area contributed by atoms with Crippen LogP contribution in [-0.2, 0) is 9.53 Å². The van der Waals surface area contributed by atoms with Crippen LogP contribution in [0, 0.1) is 5.92 Å². The van der Waals surface area contributed by atoms with Crippen LogP contribution in [0.1, 0.15) is 48.6 Å². The van der Waals surface area contributed by atoms with Gasteiger partial charge in [0, 0.05) is 32.1 Å². The summed E-state index contributed by atoms with van der Waals surface area (Å²) in [4.78, 5) is 28.6. The van der Waals surface area contributed by atoms with Gasteiger partial charge in [-0.2, -0.15) is 0 Å². The number of rotatable bonds is 3. The fraction of sp³-hybridized carbons (Fsp3) is 0.765. The second kappa shape index (κ2) is 7.11. The number of morpholine rings is 1. The van der Waals surface area contributed by atoms with E-state index in [4.69, 9.17) is 4.74 Å². The van der Waals surface area contributed by atoms with E-state index in [-0.39, 0.29) is 17.9 Å². The van der Waals surface area contributed by atoms with Crippen molar-refractivity contribution in [1.82, 2.24) is 24.8 Å². The van der Waals surface area contributed by atoms with Crippen LogP contribution < -0.4 is 0 Å². The summed E-state index contributed by atoms with van der Waals surface area (Å²) in [5.74, 6) is 0.411. The molecule has 25 heavy (non-hydrogen) atoms. The number of amides is 2. The first-order chi connectivity index (χ1) is 12.2. The van der Waals surface area contributed by atoms with Crippen LogP contribution in [0.25, 0.3) is 0 Å². The molecule has 2 saturated heterocycles. The highest BCUT2D eigenvalue weighted by molar-refractivity contribution is 5.92. The van der Waals surface area contributed by atoms with Crippen LogP contribution in [0.15, 0.2) is 6.20 Å². The zero-order chi connectivity index (χ0) is 17.2. The lowest BCUT2D eigenvalue weighted by Crippen LogP contribution is -2.53. The van der Waals surface area contributed by atoms with Crippen LogP contribution in [0.4, 0.5) is 0 Å². The van der Waals surface area contributed by atoms with Gasteiger partial charge in [0.15, 0.2) is 5.69 Å². The number of hydrogen-bond donors (Lipinski definition) is 0. The molecule has 0 atom stereocenters. The molecule has 8 nitrogen and oxygen atoms in total. The molecule has 0 spiro atoms. The molecule has 4 rings (SSSR count). The van der Waals surface area contributed by atoms with Gasteiger partial charge in [0.2, 0.25) is 5.91 Å². The molecule has 3 fully saturated rings. The lowest BCUT2D eigenvalue weighted by molar-refractivity contribution is -0.142. The first-order valence-electron chi connectivity index (χ1n) is 9.30. The van der Waals surface area contributed by atoms with E-state index < -0.39 is 0 Å². The molecule has 0 bridgehead atoms. The molecular formula is C17H25N5O3. The van der Waals surface area contributed by atoms with Crippen LogP contribution >= 0.6 is 0 Å². The topological polar surface area (TPSA) is 80.6 Å². The number of likely N-dealkylation sites (tertiary alicyclic amines) is 1. The second-order valence-electron chi connectivity index (χ2n) is 7.22. The summed E-state index contributed by atoms with van der Waals surface area (Å²) in [6, 6.07) is 0.131. The predicted molar refractivity (Wildman–Crippen MR) is 88.9 cm³/mol. The largest absolute Gasteiger partial charge is 0.378 e. The Kier molecular flexibility index (Phi) is 4.70. The molecule has 1 aromatic heterocycles. The van der Waals surface area contributed by atoms with Crippen molar-refractivity contribution in [2.24, 2.45) is 5.92 Å². The van der Waals surface area contributed by atoms with E-state index in [1.54, 1.807) is 15.8 Å². The Morgan fingerprint density at radius 3 is 2.48 bits per heavy atom. The minimum atomic E-state index is -0.0935. The number of nitrogens with zero attached hydrogens (tertiary/aromatic N) is 5. The summed E-state index contributed by atoms with van der Waals surface area (Å²) in [7, 11) is 0. The molecule has 1 aliphatic carbocycles. The van der Waals surface area contributed by atoms with Gasteiger partial charge in [-0.3, -0.25) is 9.59 Å². The van der Waals surface area contributed by atoms with Gasteiger partial charge in [0.1, 0.15) is 0 Å². The monoisotopic (exact) mass is 347 g/mol. The van der Waals surface area contributed by atoms with Crippen LogP contribution in [0.3, 0.4) is 0 Å². The number of aromatic nitrogens is 3. The second-order valence-corrected chi connectivity index (χ2v) is 7.22. The highest BCUT2D eigenvalue weighted by Gasteiger charge is 2.36. The molecule has 1 saturated carbocycles. The van der Waals surface area contributed by atoms with E-state index in [1.807, 2.05) is 4.90 Å². The Bertz CT molecular complexity index is 628. The van der Waals surface area contributed by atoms with Gasteiger partial charge in [-0.05, 0) is 12.8 Å². The first-order valence-corrected chi connectivity index (χ1v) is 9.30. The number of carbonyl (C=O) groups is 2. The minimum Gasteiger partial charge on any atom is -0.378 e.